The standard InChI is InChI=1S/C15H17IN6S/c1-9-8-22-13(6-19-15(22)23-9)12-5-18-7-14(21-12)20-11-2-10(16)3-17-4-11/h5-8,10-11,17H,2-4H2,1H3,(H,20,21)/t10?,11-/m1/s1. The Hall–Kier alpha value is -1.26. The molecule has 0 spiro atoms. The van der Waals surface area contributed by atoms with Crippen LogP contribution in [0.5, 0.6) is 0 Å². The summed E-state index contributed by atoms with van der Waals surface area (Å²) in [7, 11) is 0. The molecule has 4 heterocycles. The zero-order valence-electron chi connectivity index (χ0n) is 12.7. The summed E-state index contributed by atoms with van der Waals surface area (Å²) in [6, 6.07) is 0.393. The van der Waals surface area contributed by atoms with Crippen LogP contribution in [0.3, 0.4) is 0 Å². The summed E-state index contributed by atoms with van der Waals surface area (Å²) in [5, 5.41) is 6.94. The number of thiazole rings is 1. The molecule has 6 nitrogen and oxygen atoms in total. The zero-order valence-corrected chi connectivity index (χ0v) is 15.6. The molecule has 1 aliphatic heterocycles. The average Bonchev–Trinajstić information content (AvgIpc) is 3.06. The maximum absolute atomic E-state index is 4.73. The first-order valence-electron chi connectivity index (χ1n) is 7.56. The summed E-state index contributed by atoms with van der Waals surface area (Å²) < 4.78 is 2.73. The topological polar surface area (TPSA) is 67.1 Å². The molecule has 1 aliphatic rings. The number of imidazole rings is 1. The number of fused-ring (bicyclic) bond motifs is 1. The lowest BCUT2D eigenvalue weighted by molar-refractivity contribution is 0.498. The van der Waals surface area contributed by atoms with Crippen LogP contribution in [0.1, 0.15) is 11.3 Å². The molecule has 120 valence electrons. The molecule has 3 aromatic rings. The van der Waals surface area contributed by atoms with Gasteiger partial charge < -0.3 is 10.6 Å². The maximum atomic E-state index is 4.73. The molecule has 0 aliphatic carbocycles. The predicted octanol–water partition coefficient (Wildman–Crippen LogP) is 2.74. The van der Waals surface area contributed by atoms with E-state index in [0.717, 1.165) is 41.7 Å². The number of halogens is 1. The number of rotatable bonds is 3. The molecule has 0 saturated carbocycles. The van der Waals surface area contributed by atoms with Crippen molar-refractivity contribution in [2.45, 2.75) is 23.3 Å². The molecule has 2 atom stereocenters. The zero-order chi connectivity index (χ0) is 15.8. The highest BCUT2D eigenvalue weighted by atomic mass is 127. The molecule has 2 N–H and O–H groups in total. The minimum Gasteiger partial charge on any atom is -0.365 e. The van der Waals surface area contributed by atoms with Crippen molar-refractivity contribution in [3.05, 3.63) is 29.7 Å². The van der Waals surface area contributed by atoms with Gasteiger partial charge in [-0.15, -0.1) is 11.3 Å². The molecule has 23 heavy (non-hydrogen) atoms. The van der Waals surface area contributed by atoms with Gasteiger partial charge in [0.15, 0.2) is 4.96 Å². The van der Waals surface area contributed by atoms with Crippen LogP contribution in [0, 0.1) is 6.92 Å². The Bertz CT molecular complexity index is 828. The summed E-state index contributed by atoms with van der Waals surface area (Å²) in [5.74, 6) is 0.821. The van der Waals surface area contributed by atoms with Gasteiger partial charge in [0.2, 0.25) is 0 Å². The minimum atomic E-state index is 0.393. The van der Waals surface area contributed by atoms with Gasteiger partial charge in [0.25, 0.3) is 0 Å². The van der Waals surface area contributed by atoms with Gasteiger partial charge in [-0.2, -0.15) is 0 Å². The second-order valence-corrected chi connectivity index (χ2v) is 8.73. The van der Waals surface area contributed by atoms with Crippen molar-refractivity contribution in [3.8, 4) is 11.4 Å². The number of nitrogens with one attached hydrogen (secondary N) is 2. The summed E-state index contributed by atoms with van der Waals surface area (Å²) >= 11 is 4.17. The molecule has 1 fully saturated rings. The van der Waals surface area contributed by atoms with E-state index in [2.05, 4.69) is 60.7 Å². The smallest absolute Gasteiger partial charge is 0.194 e. The lowest BCUT2D eigenvalue weighted by atomic mass is 10.1. The van der Waals surface area contributed by atoms with Crippen molar-refractivity contribution in [2.24, 2.45) is 0 Å². The third-order valence-corrected chi connectivity index (χ3v) is 5.73. The van der Waals surface area contributed by atoms with E-state index in [9.17, 15) is 0 Å². The third kappa shape index (κ3) is 3.20. The SMILES string of the molecule is Cc1cn2c(-c3cncc(N[C@H]4CNCC(I)C4)n3)cnc2s1. The Morgan fingerprint density at radius 1 is 1.35 bits per heavy atom. The molecule has 0 bridgehead atoms. The second kappa shape index (κ2) is 6.33. The largest absolute Gasteiger partial charge is 0.365 e. The number of hydrogen-bond donors (Lipinski definition) is 2. The van der Waals surface area contributed by atoms with Crippen molar-refractivity contribution in [1.82, 2.24) is 24.7 Å². The number of aromatic nitrogens is 4. The van der Waals surface area contributed by atoms with E-state index >= 15 is 0 Å². The van der Waals surface area contributed by atoms with Gasteiger partial charge in [0.05, 0.1) is 24.3 Å². The number of piperidine rings is 1. The quantitative estimate of drug-likeness (QED) is 0.485. The van der Waals surface area contributed by atoms with Crippen LogP contribution in [0.15, 0.2) is 24.8 Å². The molecule has 0 amide bonds. The van der Waals surface area contributed by atoms with Crippen LogP contribution >= 0.6 is 33.9 Å². The Kier molecular flexibility index (Phi) is 4.20. The van der Waals surface area contributed by atoms with E-state index < -0.39 is 0 Å². The average molecular weight is 440 g/mol. The highest BCUT2D eigenvalue weighted by Crippen LogP contribution is 2.25. The Balaban J connectivity index is 1.60. The van der Waals surface area contributed by atoms with Crippen LogP contribution in [-0.2, 0) is 0 Å². The number of nitrogens with zero attached hydrogens (tertiary/aromatic N) is 4. The van der Waals surface area contributed by atoms with Crippen LogP contribution in [-0.4, -0.2) is 42.4 Å². The van der Waals surface area contributed by atoms with E-state index in [0.29, 0.717) is 9.97 Å². The van der Waals surface area contributed by atoms with E-state index in [4.69, 9.17) is 4.98 Å². The molecule has 0 radical (unpaired) electrons. The van der Waals surface area contributed by atoms with Crippen molar-refractivity contribution < 1.29 is 0 Å². The van der Waals surface area contributed by atoms with Gasteiger partial charge in [-0.3, -0.25) is 9.38 Å². The Morgan fingerprint density at radius 3 is 3.13 bits per heavy atom. The number of anilines is 1. The summed E-state index contributed by atoms with van der Waals surface area (Å²) in [6.45, 7) is 4.13. The number of alkyl halides is 1. The highest BCUT2D eigenvalue weighted by molar-refractivity contribution is 14.1. The highest BCUT2D eigenvalue weighted by Gasteiger charge is 2.20. The summed E-state index contributed by atoms with van der Waals surface area (Å²) in [4.78, 5) is 15.8. The van der Waals surface area contributed by atoms with E-state index in [1.165, 1.54) is 4.88 Å². The van der Waals surface area contributed by atoms with E-state index in [1.54, 1.807) is 23.7 Å². The summed E-state index contributed by atoms with van der Waals surface area (Å²) in [6.07, 6.45) is 8.68. The van der Waals surface area contributed by atoms with Crippen LogP contribution in [0.4, 0.5) is 5.82 Å². The Labute approximate surface area is 151 Å². The van der Waals surface area contributed by atoms with Gasteiger partial charge in [-0.25, -0.2) is 9.97 Å². The summed E-state index contributed by atoms with van der Waals surface area (Å²) in [5.41, 5.74) is 1.82. The molecular formula is C15H17IN6S. The van der Waals surface area contributed by atoms with E-state index in [1.807, 2.05) is 6.20 Å². The lowest BCUT2D eigenvalue weighted by Gasteiger charge is -2.27. The van der Waals surface area contributed by atoms with Crippen molar-refractivity contribution in [1.29, 1.82) is 0 Å². The van der Waals surface area contributed by atoms with Gasteiger partial charge in [-0.05, 0) is 13.3 Å². The van der Waals surface area contributed by atoms with Gasteiger partial charge in [0, 0.05) is 34.1 Å². The maximum Gasteiger partial charge on any atom is 0.194 e. The minimum absolute atomic E-state index is 0.393. The first kappa shape index (κ1) is 15.3. The number of aryl methyl sites for hydroxylation is 1. The molecule has 3 aromatic heterocycles. The fourth-order valence-electron chi connectivity index (χ4n) is 2.85. The molecule has 1 saturated heterocycles. The monoisotopic (exact) mass is 440 g/mol. The molecule has 8 heteroatoms. The normalized spacial score (nSPS) is 21.7. The fourth-order valence-corrected chi connectivity index (χ4v) is 4.58. The third-order valence-electron chi connectivity index (χ3n) is 3.87. The second-order valence-electron chi connectivity index (χ2n) is 5.76. The first-order valence-corrected chi connectivity index (χ1v) is 9.62. The van der Waals surface area contributed by atoms with Gasteiger partial charge in [-0.1, -0.05) is 22.6 Å². The van der Waals surface area contributed by atoms with Crippen LogP contribution < -0.4 is 10.6 Å². The van der Waals surface area contributed by atoms with Gasteiger partial charge >= 0.3 is 0 Å². The van der Waals surface area contributed by atoms with E-state index in [-0.39, 0.29) is 0 Å². The van der Waals surface area contributed by atoms with Crippen LogP contribution in [0.25, 0.3) is 16.3 Å². The molecule has 4 rings (SSSR count). The number of hydrogen-bond acceptors (Lipinski definition) is 6. The van der Waals surface area contributed by atoms with Gasteiger partial charge in [0.1, 0.15) is 11.5 Å². The first-order chi connectivity index (χ1) is 11.2. The van der Waals surface area contributed by atoms with Crippen molar-refractivity contribution in [3.63, 3.8) is 0 Å². The fraction of sp³-hybridized carbons (Fsp3) is 0.400. The lowest BCUT2D eigenvalue weighted by Crippen LogP contribution is -2.43. The predicted molar refractivity (Wildman–Crippen MR) is 102 cm³/mol. The van der Waals surface area contributed by atoms with Crippen LogP contribution in [0.2, 0.25) is 0 Å². The van der Waals surface area contributed by atoms with Crippen molar-refractivity contribution >= 4 is 44.7 Å². The Morgan fingerprint density at radius 2 is 2.26 bits per heavy atom. The molecule has 0 aromatic carbocycles. The van der Waals surface area contributed by atoms with Crippen molar-refractivity contribution in [2.75, 3.05) is 18.4 Å². The molecular weight excluding hydrogens is 423 g/mol. The molecule has 1 unspecified atom stereocenters.